The van der Waals surface area contributed by atoms with Crippen molar-refractivity contribution < 1.29 is 9.84 Å². The van der Waals surface area contributed by atoms with Crippen molar-refractivity contribution in [1.29, 1.82) is 0 Å². The van der Waals surface area contributed by atoms with E-state index in [-0.39, 0.29) is 0 Å². The summed E-state index contributed by atoms with van der Waals surface area (Å²) in [5.74, 6) is 0.747. The number of aromatic nitrogens is 1. The second-order valence-corrected chi connectivity index (χ2v) is 3.43. The van der Waals surface area contributed by atoms with Gasteiger partial charge < -0.3 is 9.84 Å². The Morgan fingerprint density at radius 3 is 2.80 bits per heavy atom. The molecule has 3 nitrogen and oxygen atoms in total. The lowest BCUT2D eigenvalue weighted by atomic mass is 10.1. The summed E-state index contributed by atoms with van der Waals surface area (Å²) < 4.78 is 5.27. The maximum Gasteiger partial charge on any atom is 0.128 e. The van der Waals surface area contributed by atoms with Gasteiger partial charge in [-0.2, -0.15) is 0 Å². The molecule has 0 aliphatic heterocycles. The van der Waals surface area contributed by atoms with Crippen molar-refractivity contribution in [2.24, 2.45) is 0 Å². The van der Waals surface area contributed by atoms with Gasteiger partial charge in [0.25, 0.3) is 0 Å². The average Bonchev–Trinajstić information content (AvgIpc) is 2.27. The molecule has 1 aromatic heterocycles. The molecule has 2 rings (SSSR count). The largest absolute Gasteiger partial charge is 0.496 e. The number of aliphatic hydroxyl groups is 1. The zero-order valence-corrected chi connectivity index (χ0v) is 8.77. The van der Waals surface area contributed by atoms with E-state index >= 15 is 0 Å². The predicted molar refractivity (Wildman–Crippen MR) is 58.9 cm³/mol. The molecule has 1 atom stereocenters. The lowest BCUT2D eigenvalue weighted by molar-refractivity contribution is 0.196. The fourth-order valence-corrected chi connectivity index (χ4v) is 1.71. The third-order valence-electron chi connectivity index (χ3n) is 2.40. The lowest BCUT2D eigenvalue weighted by Gasteiger charge is -2.11. The monoisotopic (exact) mass is 203 g/mol. The number of aliphatic hydroxyl groups excluding tert-OH is 1. The molecule has 15 heavy (non-hydrogen) atoms. The van der Waals surface area contributed by atoms with Crippen LogP contribution in [0.15, 0.2) is 30.5 Å². The van der Waals surface area contributed by atoms with Gasteiger partial charge in [0.1, 0.15) is 5.75 Å². The smallest absolute Gasteiger partial charge is 0.128 e. The molecule has 0 saturated heterocycles. The first-order valence-corrected chi connectivity index (χ1v) is 4.83. The Morgan fingerprint density at radius 2 is 2.13 bits per heavy atom. The molecule has 1 heterocycles. The van der Waals surface area contributed by atoms with Gasteiger partial charge in [0.05, 0.1) is 18.9 Å². The summed E-state index contributed by atoms with van der Waals surface area (Å²) in [4.78, 5) is 4.18. The highest BCUT2D eigenvalue weighted by molar-refractivity contribution is 5.90. The van der Waals surface area contributed by atoms with Crippen LogP contribution in [0.3, 0.4) is 0 Å². The van der Waals surface area contributed by atoms with E-state index in [9.17, 15) is 5.11 Å². The summed E-state index contributed by atoms with van der Waals surface area (Å²) in [6.45, 7) is 1.70. The summed E-state index contributed by atoms with van der Waals surface area (Å²) in [5, 5.41) is 11.5. The number of ether oxygens (including phenoxy) is 1. The number of hydrogen-bond donors (Lipinski definition) is 1. The molecule has 0 radical (unpaired) electrons. The van der Waals surface area contributed by atoms with Crippen LogP contribution < -0.4 is 4.74 Å². The molecule has 1 N–H and O–H groups in total. The first-order chi connectivity index (χ1) is 7.24. The van der Waals surface area contributed by atoms with Crippen LogP contribution in [0.4, 0.5) is 0 Å². The van der Waals surface area contributed by atoms with Gasteiger partial charge in [0.2, 0.25) is 0 Å². The van der Waals surface area contributed by atoms with E-state index in [1.54, 1.807) is 20.2 Å². The molecule has 0 bridgehead atoms. The normalized spacial score (nSPS) is 12.7. The highest BCUT2D eigenvalue weighted by Gasteiger charge is 2.11. The minimum Gasteiger partial charge on any atom is -0.496 e. The van der Waals surface area contributed by atoms with E-state index in [1.165, 1.54) is 0 Å². The fraction of sp³-hybridized carbons (Fsp3) is 0.250. The van der Waals surface area contributed by atoms with E-state index in [1.807, 2.05) is 24.3 Å². The molecule has 1 aromatic carbocycles. The van der Waals surface area contributed by atoms with Crippen LogP contribution >= 0.6 is 0 Å². The molecule has 0 amide bonds. The van der Waals surface area contributed by atoms with Gasteiger partial charge >= 0.3 is 0 Å². The van der Waals surface area contributed by atoms with Crippen molar-refractivity contribution in [3.63, 3.8) is 0 Å². The van der Waals surface area contributed by atoms with Gasteiger partial charge in [-0.25, -0.2) is 0 Å². The van der Waals surface area contributed by atoms with Crippen molar-refractivity contribution in [3.05, 3.63) is 36.2 Å². The van der Waals surface area contributed by atoms with Gasteiger partial charge in [0.15, 0.2) is 0 Å². The maximum atomic E-state index is 9.62. The average molecular weight is 203 g/mol. The molecule has 0 fully saturated rings. The maximum absolute atomic E-state index is 9.62. The van der Waals surface area contributed by atoms with Crippen molar-refractivity contribution >= 4 is 10.8 Å². The van der Waals surface area contributed by atoms with Crippen molar-refractivity contribution in [3.8, 4) is 5.75 Å². The van der Waals surface area contributed by atoms with Crippen LogP contribution in [0.1, 0.15) is 18.7 Å². The Kier molecular flexibility index (Phi) is 2.56. The van der Waals surface area contributed by atoms with Crippen LogP contribution in [0.25, 0.3) is 10.8 Å². The molecule has 0 spiro atoms. The molecule has 78 valence electrons. The van der Waals surface area contributed by atoms with Crippen LogP contribution in [0.2, 0.25) is 0 Å². The molecule has 1 unspecified atom stereocenters. The second-order valence-electron chi connectivity index (χ2n) is 3.43. The molecule has 0 saturated carbocycles. The van der Waals surface area contributed by atoms with Crippen LogP contribution in [-0.2, 0) is 0 Å². The third kappa shape index (κ3) is 1.66. The Morgan fingerprint density at radius 1 is 1.33 bits per heavy atom. The summed E-state index contributed by atoms with van der Waals surface area (Å²) in [6.07, 6.45) is 1.11. The number of methoxy groups -OCH3 is 1. The Balaban J connectivity index is 2.81. The highest BCUT2D eigenvalue weighted by Crippen LogP contribution is 2.30. The van der Waals surface area contributed by atoms with E-state index in [2.05, 4.69) is 4.98 Å². The zero-order chi connectivity index (χ0) is 10.8. The van der Waals surface area contributed by atoms with E-state index < -0.39 is 6.10 Å². The summed E-state index contributed by atoms with van der Waals surface area (Å²) >= 11 is 0. The fourth-order valence-electron chi connectivity index (χ4n) is 1.71. The van der Waals surface area contributed by atoms with Crippen LogP contribution in [0.5, 0.6) is 5.75 Å². The number of rotatable bonds is 2. The molecule has 3 heteroatoms. The molecule has 0 aliphatic carbocycles. The SMILES string of the molecule is COc1cccc2ccnc(C(C)O)c12. The van der Waals surface area contributed by atoms with Crippen LogP contribution in [0, 0.1) is 0 Å². The van der Waals surface area contributed by atoms with E-state index in [0.717, 1.165) is 16.5 Å². The number of pyridine rings is 1. The highest BCUT2D eigenvalue weighted by atomic mass is 16.5. The summed E-state index contributed by atoms with van der Waals surface area (Å²) in [6, 6.07) is 7.68. The topological polar surface area (TPSA) is 42.4 Å². The van der Waals surface area contributed by atoms with Gasteiger partial charge in [-0.15, -0.1) is 0 Å². The van der Waals surface area contributed by atoms with E-state index in [0.29, 0.717) is 5.69 Å². The minimum atomic E-state index is -0.593. The Labute approximate surface area is 88.3 Å². The van der Waals surface area contributed by atoms with Gasteiger partial charge in [-0.1, -0.05) is 12.1 Å². The lowest BCUT2D eigenvalue weighted by Crippen LogP contribution is -1.98. The zero-order valence-electron chi connectivity index (χ0n) is 8.77. The van der Waals surface area contributed by atoms with Gasteiger partial charge in [-0.05, 0) is 24.4 Å². The Hall–Kier alpha value is -1.61. The Bertz CT molecular complexity index is 475. The summed E-state index contributed by atoms with van der Waals surface area (Å²) in [5.41, 5.74) is 0.657. The minimum absolute atomic E-state index is 0.593. The first kappa shape index (κ1) is 9.93. The van der Waals surface area contributed by atoms with Crippen molar-refractivity contribution in [2.75, 3.05) is 7.11 Å². The van der Waals surface area contributed by atoms with E-state index in [4.69, 9.17) is 4.74 Å². The van der Waals surface area contributed by atoms with Crippen molar-refractivity contribution in [2.45, 2.75) is 13.0 Å². The molecular formula is C12H13NO2. The molecule has 2 aromatic rings. The number of nitrogens with zero attached hydrogens (tertiary/aromatic N) is 1. The predicted octanol–water partition coefficient (Wildman–Crippen LogP) is 2.30. The first-order valence-electron chi connectivity index (χ1n) is 4.83. The molecule has 0 aliphatic rings. The van der Waals surface area contributed by atoms with Gasteiger partial charge in [0, 0.05) is 11.6 Å². The van der Waals surface area contributed by atoms with Crippen molar-refractivity contribution in [1.82, 2.24) is 4.98 Å². The van der Waals surface area contributed by atoms with Gasteiger partial charge in [-0.3, -0.25) is 4.98 Å². The van der Waals surface area contributed by atoms with Crippen LogP contribution in [-0.4, -0.2) is 17.2 Å². The standard InChI is InChI=1S/C12H13NO2/c1-8(14)12-11-9(6-7-13-12)4-3-5-10(11)15-2/h3-8,14H,1-2H3. The number of hydrogen-bond acceptors (Lipinski definition) is 3. The molecular weight excluding hydrogens is 190 g/mol. The number of benzene rings is 1. The number of fused-ring (bicyclic) bond motifs is 1. The quantitative estimate of drug-likeness (QED) is 0.814. The third-order valence-corrected chi connectivity index (χ3v) is 2.40. The summed E-state index contributed by atoms with van der Waals surface area (Å²) in [7, 11) is 1.62. The second kappa shape index (κ2) is 3.87.